The molecule has 0 aliphatic carbocycles. The third-order valence-corrected chi connectivity index (χ3v) is 5.04. The summed E-state index contributed by atoms with van der Waals surface area (Å²) in [5, 5.41) is 3.36. The van der Waals surface area contributed by atoms with Crippen LogP contribution < -0.4 is 14.8 Å². The topological polar surface area (TPSA) is 75.3 Å². The Labute approximate surface area is 165 Å². The quantitative estimate of drug-likeness (QED) is 0.577. The van der Waals surface area contributed by atoms with Crippen molar-refractivity contribution in [3.8, 4) is 11.5 Å². The van der Waals surface area contributed by atoms with E-state index < -0.39 is 0 Å². The van der Waals surface area contributed by atoms with E-state index in [-0.39, 0.29) is 0 Å². The van der Waals surface area contributed by atoms with Crippen LogP contribution in [0, 0.1) is 6.92 Å². The number of aromatic amines is 1. The van der Waals surface area contributed by atoms with Crippen LogP contribution in [0.15, 0.2) is 30.6 Å². The molecule has 0 saturated carbocycles. The molecule has 3 heterocycles. The average molecular weight is 381 g/mol. The van der Waals surface area contributed by atoms with Crippen LogP contribution in [0.2, 0.25) is 0 Å². The van der Waals surface area contributed by atoms with Crippen molar-refractivity contribution in [3.63, 3.8) is 0 Å². The first-order valence-electron chi connectivity index (χ1n) is 9.84. The summed E-state index contributed by atoms with van der Waals surface area (Å²) in [7, 11) is 1.66. The molecule has 0 spiro atoms. The number of likely N-dealkylation sites (tertiary alicyclic amines) is 1. The predicted molar refractivity (Wildman–Crippen MR) is 111 cm³/mol. The van der Waals surface area contributed by atoms with Gasteiger partial charge in [-0.1, -0.05) is 0 Å². The summed E-state index contributed by atoms with van der Waals surface area (Å²) in [5.74, 6) is 2.19. The van der Waals surface area contributed by atoms with Gasteiger partial charge in [0.25, 0.3) is 0 Å². The van der Waals surface area contributed by atoms with Gasteiger partial charge >= 0.3 is 0 Å². The van der Waals surface area contributed by atoms with Crippen LogP contribution in [0.25, 0.3) is 11.0 Å². The molecule has 0 unspecified atom stereocenters. The number of methoxy groups -OCH3 is 1. The first-order valence-corrected chi connectivity index (χ1v) is 9.84. The van der Waals surface area contributed by atoms with Crippen molar-refractivity contribution in [2.75, 3.05) is 38.7 Å². The fourth-order valence-corrected chi connectivity index (χ4v) is 3.64. The molecule has 2 aromatic heterocycles. The van der Waals surface area contributed by atoms with Crippen LogP contribution in [-0.2, 0) is 0 Å². The lowest BCUT2D eigenvalue weighted by Gasteiger charge is -2.16. The summed E-state index contributed by atoms with van der Waals surface area (Å²) >= 11 is 0. The highest BCUT2D eigenvalue weighted by Crippen LogP contribution is 2.32. The number of hydrogen-bond donors (Lipinski definition) is 2. The van der Waals surface area contributed by atoms with Crippen molar-refractivity contribution in [3.05, 3.63) is 36.3 Å². The van der Waals surface area contributed by atoms with Crippen LogP contribution >= 0.6 is 0 Å². The zero-order chi connectivity index (χ0) is 19.3. The number of H-pyrrole nitrogens is 1. The minimum Gasteiger partial charge on any atom is -0.493 e. The summed E-state index contributed by atoms with van der Waals surface area (Å²) in [6, 6.07) is 7.81. The van der Waals surface area contributed by atoms with E-state index >= 15 is 0 Å². The molecule has 7 heteroatoms. The van der Waals surface area contributed by atoms with Gasteiger partial charge in [0.1, 0.15) is 5.52 Å². The Hall–Kier alpha value is -2.80. The number of nitrogens with one attached hydrogen (secondary N) is 2. The number of imidazole rings is 1. The first-order chi connectivity index (χ1) is 13.7. The van der Waals surface area contributed by atoms with Crippen LogP contribution in [0.3, 0.4) is 0 Å². The second-order valence-corrected chi connectivity index (χ2v) is 7.15. The minimum absolute atomic E-state index is 0.669. The molecule has 148 valence electrons. The van der Waals surface area contributed by atoms with Crippen molar-refractivity contribution < 1.29 is 9.47 Å². The Morgan fingerprint density at radius 2 is 2.04 bits per heavy atom. The summed E-state index contributed by atoms with van der Waals surface area (Å²) < 4.78 is 11.5. The number of nitrogens with zero attached hydrogens (tertiary/aromatic N) is 3. The second-order valence-electron chi connectivity index (χ2n) is 7.15. The number of rotatable bonds is 8. The molecule has 28 heavy (non-hydrogen) atoms. The Morgan fingerprint density at radius 3 is 2.86 bits per heavy atom. The monoisotopic (exact) mass is 381 g/mol. The Balaban J connectivity index is 1.45. The number of pyridine rings is 1. The molecule has 2 N–H and O–H groups in total. The largest absolute Gasteiger partial charge is 0.493 e. The molecule has 1 saturated heterocycles. The van der Waals surface area contributed by atoms with Crippen LogP contribution in [0.1, 0.15) is 25.0 Å². The van der Waals surface area contributed by atoms with E-state index in [1.54, 1.807) is 13.4 Å². The van der Waals surface area contributed by atoms with E-state index in [1.165, 1.54) is 25.9 Å². The number of ether oxygens (including phenoxy) is 2. The molecule has 0 radical (unpaired) electrons. The van der Waals surface area contributed by atoms with Crippen molar-refractivity contribution in [2.45, 2.75) is 26.2 Å². The lowest BCUT2D eigenvalue weighted by Crippen LogP contribution is -2.21. The van der Waals surface area contributed by atoms with E-state index in [0.717, 1.165) is 52.7 Å². The van der Waals surface area contributed by atoms with Crippen molar-refractivity contribution in [1.29, 1.82) is 0 Å². The average Bonchev–Trinajstić information content (AvgIpc) is 3.37. The van der Waals surface area contributed by atoms with E-state index in [1.807, 2.05) is 31.2 Å². The third-order valence-electron chi connectivity index (χ3n) is 5.04. The molecule has 0 atom stereocenters. The fourth-order valence-electron chi connectivity index (χ4n) is 3.64. The number of anilines is 2. The molecule has 7 nitrogen and oxygen atoms in total. The van der Waals surface area contributed by atoms with Gasteiger partial charge in [-0.25, -0.2) is 9.97 Å². The van der Waals surface area contributed by atoms with E-state index in [2.05, 4.69) is 25.2 Å². The van der Waals surface area contributed by atoms with Crippen molar-refractivity contribution in [1.82, 2.24) is 19.9 Å². The van der Waals surface area contributed by atoms with Gasteiger partial charge in [0.05, 0.1) is 25.6 Å². The third kappa shape index (κ3) is 4.20. The molecule has 1 aromatic carbocycles. The number of hydrogen-bond acceptors (Lipinski definition) is 6. The summed E-state index contributed by atoms with van der Waals surface area (Å²) in [6.07, 6.45) is 5.32. The number of benzene rings is 1. The number of fused-ring (bicyclic) bond motifs is 1. The van der Waals surface area contributed by atoms with Gasteiger partial charge in [-0.05, 0) is 57.5 Å². The van der Waals surface area contributed by atoms with Gasteiger partial charge in [-0.15, -0.1) is 0 Å². The Kier molecular flexibility index (Phi) is 5.62. The molecule has 0 bridgehead atoms. The highest BCUT2D eigenvalue weighted by Gasteiger charge is 2.12. The molecule has 1 aliphatic heterocycles. The zero-order valence-electron chi connectivity index (χ0n) is 16.5. The highest BCUT2D eigenvalue weighted by atomic mass is 16.5. The highest BCUT2D eigenvalue weighted by molar-refractivity contribution is 5.88. The fraction of sp³-hybridized carbons (Fsp3) is 0.429. The maximum absolute atomic E-state index is 6.03. The SMILES string of the molecule is COc1ccc(Nc2nc(C)cc3[nH]cnc23)cc1OCCCN1CCCC1. The summed E-state index contributed by atoms with van der Waals surface area (Å²) in [6.45, 7) is 6.16. The normalized spacial score (nSPS) is 14.5. The molecular weight excluding hydrogens is 354 g/mol. The van der Waals surface area contributed by atoms with E-state index in [0.29, 0.717) is 6.61 Å². The Bertz CT molecular complexity index is 934. The molecule has 3 aromatic rings. The molecule has 1 aliphatic rings. The van der Waals surface area contributed by atoms with Crippen LogP contribution in [0.5, 0.6) is 11.5 Å². The van der Waals surface area contributed by atoms with Crippen LogP contribution in [0.4, 0.5) is 11.5 Å². The zero-order valence-corrected chi connectivity index (χ0v) is 16.5. The number of aryl methyl sites for hydroxylation is 1. The van der Waals surface area contributed by atoms with Gasteiger partial charge in [0.2, 0.25) is 0 Å². The van der Waals surface area contributed by atoms with Crippen molar-refractivity contribution in [2.24, 2.45) is 0 Å². The smallest absolute Gasteiger partial charge is 0.163 e. The van der Waals surface area contributed by atoms with Gasteiger partial charge in [-0.2, -0.15) is 0 Å². The Morgan fingerprint density at radius 1 is 1.18 bits per heavy atom. The maximum Gasteiger partial charge on any atom is 0.163 e. The molecule has 4 rings (SSSR count). The predicted octanol–water partition coefficient (Wildman–Crippen LogP) is 3.88. The standard InChI is InChI=1S/C21H27N5O2/c1-15-12-17-20(23-14-22-17)21(24-15)25-16-6-7-18(27-2)19(13-16)28-11-5-10-26-8-3-4-9-26/h6-7,12-14H,3-5,8-11H2,1-2H3,(H,22,23)(H,24,25). The summed E-state index contributed by atoms with van der Waals surface area (Å²) in [4.78, 5) is 14.6. The summed E-state index contributed by atoms with van der Waals surface area (Å²) in [5.41, 5.74) is 3.58. The van der Waals surface area contributed by atoms with Gasteiger partial charge in [0.15, 0.2) is 17.3 Å². The minimum atomic E-state index is 0.669. The van der Waals surface area contributed by atoms with Gasteiger partial charge in [-0.3, -0.25) is 0 Å². The first kappa shape index (κ1) is 18.6. The molecular formula is C21H27N5O2. The maximum atomic E-state index is 6.03. The van der Waals surface area contributed by atoms with Gasteiger partial charge < -0.3 is 24.7 Å². The van der Waals surface area contributed by atoms with E-state index in [4.69, 9.17) is 9.47 Å². The lowest BCUT2D eigenvalue weighted by atomic mass is 10.2. The lowest BCUT2D eigenvalue weighted by molar-refractivity contribution is 0.254. The van der Waals surface area contributed by atoms with Crippen LogP contribution in [-0.4, -0.2) is 53.2 Å². The number of aromatic nitrogens is 3. The van der Waals surface area contributed by atoms with Crippen molar-refractivity contribution >= 4 is 22.5 Å². The molecule has 1 fully saturated rings. The molecule has 0 amide bonds. The van der Waals surface area contributed by atoms with E-state index in [9.17, 15) is 0 Å². The van der Waals surface area contributed by atoms with Gasteiger partial charge in [0, 0.05) is 24.0 Å². The second kappa shape index (κ2) is 8.48.